The minimum Gasteiger partial charge on any atom is -0.467 e. The molecular formula is C17H25N5O3. The Morgan fingerprint density at radius 3 is 3.00 bits per heavy atom. The van der Waals surface area contributed by atoms with E-state index >= 15 is 0 Å². The summed E-state index contributed by atoms with van der Waals surface area (Å²) in [6.45, 7) is 8.81. The van der Waals surface area contributed by atoms with E-state index in [-0.39, 0.29) is 18.1 Å². The number of ether oxygens (including phenoxy) is 1. The van der Waals surface area contributed by atoms with Gasteiger partial charge in [-0.25, -0.2) is 9.67 Å². The lowest BCUT2D eigenvalue weighted by Gasteiger charge is -2.36. The summed E-state index contributed by atoms with van der Waals surface area (Å²) in [5, 5.41) is 7.30. The Kier molecular flexibility index (Phi) is 5.50. The van der Waals surface area contributed by atoms with Crippen LogP contribution in [0.3, 0.4) is 0 Å². The van der Waals surface area contributed by atoms with Crippen molar-refractivity contribution in [1.82, 2.24) is 25.0 Å². The zero-order chi connectivity index (χ0) is 17.8. The van der Waals surface area contributed by atoms with Crippen LogP contribution in [-0.4, -0.2) is 57.4 Å². The third-order valence-corrected chi connectivity index (χ3v) is 4.45. The van der Waals surface area contributed by atoms with Crippen molar-refractivity contribution in [2.45, 2.75) is 46.0 Å². The van der Waals surface area contributed by atoms with Gasteiger partial charge in [0, 0.05) is 13.1 Å². The summed E-state index contributed by atoms with van der Waals surface area (Å²) < 4.78 is 13.0. The Bertz CT molecular complexity index is 697. The smallest absolute Gasteiger partial charge is 0.237 e. The molecular weight excluding hydrogens is 322 g/mol. The van der Waals surface area contributed by atoms with Crippen LogP contribution < -0.4 is 5.32 Å². The molecule has 1 aliphatic heterocycles. The van der Waals surface area contributed by atoms with Crippen molar-refractivity contribution in [3.8, 4) is 0 Å². The van der Waals surface area contributed by atoms with Crippen LogP contribution in [0.25, 0.3) is 0 Å². The Balaban J connectivity index is 1.53. The lowest BCUT2D eigenvalue weighted by molar-refractivity contribution is -0.129. The number of aryl methyl sites for hydroxylation is 2. The lowest BCUT2D eigenvalue weighted by atomic mass is 10.2. The van der Waals surface area contributed by atoms with Crippen LogP contribution in [0.1, 0.15) is 24.3 Å². The van der Waals surface area contributed by atoms with Crippen molar-refractivity contribution in [1.29, 1.82) is 0 Å². The van der Waals surface area contributed by atoms with Crippen molar-refractivity contribution in [2.75, 3.05) is 19.7 Å². The monoisotopic (exact) mass is 347 g/mol. The molecule has 25 heavy (non-hydrogen) atoms. The van der Waals surface area contributed by atoms with E-state index in [9.17, 15) is 4.79 Å². The minimum atomic E-state index is -0.222. The maximum Gasteiger partial charge on any atom is 0.237 e. The number of nitrogens with one attached hydrogen (secondary N) is 1. The fourth-order valence-corrected chi connectivity index (χ4v) is 3.03. The second-order valence-corrected chi connectivity index (χ2v) is 6.35. The summed E-state index contributed by atoms with van der Waals surface area (Å²) in [5.74, 6) is 2.38. The predicted molar refractivity (Wildman–Crippen MR) is 90.8 cm³/mol. The summed E-state index contributed by atoms with van der Waals surface area (Å²) in [5.41, 5.74) is 0. The van der Waals surface area contributed by atoms with Crippen molar-refractivity contribution in [3.05, 3.63) is 35.8 Å². The molecule has 2 aromatic rings. The molecule has 0 unspecified atom stereocenters. The van der Waals surface area contributed by atoms with Crippen molar-refractivity contribution in [2.24, 2.45) is 0 Å². The molecule has 1 fully saturated rings. The van der Waals surface area contributed by atoms with Gasteiger partial charge in [0.1, 0.15) is 17.4 Å². The summed E-state index contributed by atoms with van der Waals surface area (Å²) in [4.78, 5) is 18.9. The normalized spacial score (nSPS) is 19.7. The average molecular weight is 347 g/mol. The van der Waals surface area contributed by atoms with E-state index in [2.05, 4.69) is 20.3 Å². The average Bonchev–Trinajstić information content (AvgIpc) is 3.22. The van der Waals surface area contributed by atoms with E-state index in [0.29, 0.717) is 26.2 Å². The molecule has 0 radical (unpaired) electrons. The highest BCUT2D eigenvalue weighted by Crippen LogP contribution is 2.12. The maximum atomic E-state index is 12.4. The third-order valence-electron chi connectivity index (χ3n) is 4.45. The molecule has 8 heteroatoms. The zero-order valence-electron chi connectivity index (χ0n) is 14.9. The van der Waals surface area contributed by atoms with Gasteiger partial charge in [-0.1, -0.05) is 0 Å². The number of morpholine rings is 1. The van der Waals surface area contributed by atoms with Gasteiger partial charge in [0.15, 0.2) is 0 Å². The summed E-state index contributed by atoms with van der Waals surface area (Å²) in [6, 6.07) is 3.43. The molecule has 2 atom stereocenters. The molecule has 0 saturated carbocycles. The largest absolute Gasteiger partial charge is 0.467 e. The molecule has 1 aliphatic rings. The Hall–Kier alpha value is -2.19. The first-order chi connectivity index (χ1) is 12.0. The molecule has 136 valence electrons. The van der Waals surface area contributed by atoms with Gasteiger partial charge in [0.25, 0.3) is 0 Å². The molecule has 3 rings (SSSR count). The van der Waals surface area contributed by atoms with Crippen molar-refractivity contribution < 1.29 is 13.9 Å². The highest BCUT2D eigenvalue weighted by molar-refractivity contribution is 5.81. The first-order valence-electron chi connectivity index (χ1n) is 8.56. The number of nitrogens with zero attached hydrogens (tertiary/aromatic N) is 4. The van der Waals surface area contributed by atoms with Gasteiger partial charge < -0.3 is 14.5 Å². The molecule has 1 N–H and O–H groups in total. The van der Waals surface area contributed by atoms with Crippen LogP contribution >= 0.6 is 0 Å². The summed E-state index contributed by atoms with van der Waals surface area (Å²) in [6.07, 6.45) is 1.60. The number of furan rings is 1. The molecule has 1 saturated heterocycles. The van der Waals surface area contributed by atoms with Crippen LogP contribution in [0.5, 0.6) is 0 Å². The highest BCUT2D eigenvalue weighted by Gasteiger charge is 2.28. The number of carbonyl (C=O) groups is 1. The van der Waals surface area contributed by atoms with Crippen LogP contribution in [0.15, 0.2) is 22.8 Å². The lowest BCUT2D eigenvalue weighted by Crippen LogP contribution is -2.53. The maximum absolute atomic E-state index is 12.4. The van der Waals surface area contributed by atoms with Crippen LogP contribution in [0, 0.1) is 13.8 Å². The van der Waals surface area contributed by atoms with Crippen molar-refractivity contribution >= 4 is 5.91 Å². The van der Waals surface area contributed by atoms with Crippen LogP contribution in [0.4, 0.5) is 0 Å². The fraction of sp³-hybridized carbons (Fsp3) is 0.588. The Morgan fingerprint density at radius 1 is 1.48 bits per heavy atom. The van der Waals surface area contributed by atoms with Crippen molar-refractivity contribution in [3.63, 3.8) is 0 Å². The predicted octanol–water partition coefficient (Wildman–Crippen LogP) is 0.894. The second-order valence-electron chi connectivity index (χ2n) is 6.35. The van der Waals surface area contributed by atoms with Gasteiger partial charge in [0.05, 0.1) is 38.1 Å². The van der Waals surface area contributed by atoms with E-state index < -0.39 is 0 Å². The minimum absolute atomic E-state index is 0.00567. The van der Waals surface area contributed by atoms with Gasteiger partial charge in [-0.3, -0.25) is 9.69 Å². The number of aromatic nitrogens is 3. The first kappa shape index (κ1) is 17.6. The number of carbonyl (C=O) groups excluding carboxylic acids is 1. The molecule has 0 aliphatic carbocycles. The number of hydrogen-bond acceptors (Lipinski definition) is 6. The third kappa shape index (κ3) is 4.46. The fourth-order valence-electron chi connectivity index (χ4n) is 3.03. The SMILES string of the molecule is Cc1nc(C)n(C[C@@H]2CN([C@@H](C)C(=O)NCc3ccco3)CCO2)n1. The van der Waals surface area contributed by atoms with Gasteiger partial charge in [0.2, 0.25) is 5.91 Å². The molecule has 3 heterocycles. The topological polar surface area (TPSA) is 85.4 Å². The molecule has 2 aromatic heterocycles. The molecule has 0 bridgehead atoms. The van der Waals surface area contributed by atoms with E-state index in [1.54, 1.807) is 6.26 Å². The number of hydrogen-bond donors (Lipinski definition) is 1. The van der Waals surface area contributed by atoms with Crippen LogP contribution in [0.2, 0.25) is 0 Å². The molecule has 0 aromatic carbocycles. The van der Waals surface area contributed by atoms with E-state index in [4.69, 9.17) is 9.15 Å². The van der Waals surface area contributed by atoms with Gasteiger partial charge in [-0.05, 0) is 32.9 Å². The number of amides is 1. The molecule has 0 spiro atoms. The number of rotatable bonds is 6. The Morgan fingerprint density at radius 2 is 2.32 bits per heavy atom. The second kappa shape index (κ2) is 7.79. The van der Waals surface area contributed by atoms with E-state index in [1.165, 1.54) is 0 Å². The van der Waals surface area contributed by atoms with Gasteiger partial charge >= 0.3 is 0 Å². The van der Waals surface area contributed by atoms with E-state index in [1.807, 2.05) is 37.6 Å². The first-order valence-corrected chi connectivity index (χ1v) is 8.56. The van der Waals surface area contributed by atoms with Gasteiger partial charge in [-0.2, -0.15) is 5.10 Å². The molecule has 1 amide bonds. The Labute approximate surface area is 147 Å². The summed E-state index contributed by atoms with van der Waals surface area (Å²) in [7, 11) is 0. The van der Waals surface area contributed by atoms with E-state index in [0.717, 1.165) is 24.0 Å². The highest BCUT2D eigenvalue weighted by atomic mass is 16.5. The van der Waals surface area contributed by atoms with Crippen LogP contribution in [-0.2, 0) is 22.6 Å². The summed E-state index contributed by atoms with van der Waals surface area (Å²) >= 11 is 0. The standard InChI is InChI=1S/C17H25N5O3/c1-12(17(23)18-9-15-5-4-7-24-15)21-6-8-25-16(10-21)11-22-14(3)19-13(2)20-22/h4-5,7,12,16H,6,8-11H2,1-3H3,(H,18,23)/t12-,16-/m0/s1. The molecule has 8 nitrogen and oxygen atoms in total. The quantitative estimate of drug-likeness (QED) is 0.835. The van der Waals surface area contributed by atoms with Gasteiger partial charge in [-0.15, -0.1) is 0 Å². The zero-order valence-corrected chi connectivity index (χ0v) is 14.9.